The number of hydrogen-bond acceptors (Lipinski definition) is 3. The second-order valence-electron chi connectivity index (χ2n) is 5.88. The molecule has 0 saturated carbocycles. The van der Waals surface area contributed by atoms with Gasteiger partial charge >= 0.3 is 0 Å². The molecule has 0 aliphatic carbocycles. The first-order valence-electron chi connectivity index (χ1n) is 6.33. The standard InChI is InChI=1S/C13H24N4O/c1-9(2)17-8-7-11(16-17)14-10(3)12(18)15-13(4,5)6/h7-10H,1-6H3,(H,14,16)(H,15,18). The number of carbonyl (C=O) groups is 1. The van der Waals surface area contributed by atoms with Gasteiger partial charge in [0.25, 0.3) is 0 Å². The van der Waals surface area contributed by atoms with E-state index in [1.54, 1.807) is 0 Å². The number of hydrogen-bond donors (Lipinski definition) is 2. The number of nitrogens with one attached hydrogen (secondary N) is 2. The van der Waals surface area contributed by atoms with Gasteiger partial charge in [-0.05, 0) is 41.5 Å². The lowest BCUT2D eigenvalue weighted by atomic mass is 10.1. The normalized spacial score (nSPS) is 13.5. The molecule has 0 aliphatic heterocycles. The summed E-state index contributed by atoms with van der Waals surface area (Å²) in [5.74, 6) is 0.696. The van der Waals surface area contributed by atoms with Crippen molar-refractivity contribution in [1.29, 1.82) is 0 Å². The van der Waals surface area contributed by atoms with E-state index in [4.69, 9.17) is 0 Å². The molecule has 1 amide bonds. The number of amides is 1. The topological polar surface area (TPSA) is 59.0 Å². The van der Waals surface area contributed by atoms with Gasteiger partial charge in [0.05, 0.1) is 0 Å². The highest BCUT2D eigenvalue weighted by Crippen LogP contribution is 2.09. The molecule has 1 unspecified atom stereocenters. The number of nitrogens with zero attached hydrogens (tertiary/aromatic N) is 2. The Labute approximate surface area is 109 Å². The number of anilines is 1. The molecule has 2 N–H and O–H groups in total. The van der Waals surface area contributed by atoms with E-state index in [2.05, 4.69) is 29.6 Å². The molecule has 1 aromatic rings. The van der Waals surface area contributed by atoms with Crippen LogP contribution in [0.1, 0.15) is 47.6 Å². The van der Waals surface area contributed by atoms with Crippen LogP contribution in [0, 0.1) is 0 Å². The Morgan fingerprint density at radius 3 is 2.39 bits per heavy atom. The molecule has 0 fully saturated rings. The molecule has 5 heteroatoms. The van der Waals surface area contributed by atoms with Crippen LogP contribution in [-0.2, 0) is 4.79 Å². The Bertz CT molecular complexity index is 403. The average molecular weight is 252 g/mol. The number of aromatic nitrogens is 2. The van der Waals surface area contributed by atoms with Gasteiger partial charge in [0, 0.05) is 23.8 Å². The van der Waals surface area contributed by atoms with Crippen LogP contribution in [0.3, 0.4) is 0 Å². The molecule has 1 rings (SSSR count). The number of rotatable bonds is 4. The molecule has 1 atom stereocenters. The highest BCUT2D eigenvalue weighted by atomic mass is 16.2. The second kappa shape index (κ2) is 5.42. The van der Waals surface area contributed by atoms with Crippen molar-refractivity contribution in [3.8, 4) is 0 Å². The third-order valence-corrected chi connectivity index (χ3v) is 2.39. The van der Waals surface area contributed by atoms with Gasteiger partial charge in [0.15, 0.2) is 0 Å². The second-order valence-corrected chi connectivity index (χ2v) is 5.88. The molecule has 1 heterocycles. The first-order valence-corrected chi connectivity index (χ1v) is 6.33. The van der Waals surface area contributed by atoms with Crippen molar-refractivity contribution in [2.24, 2.45) is 0 Å². The molecule has 102 valence electrons. The van der Waals surface area contributed by atoms with Gasteiger partial charge in [0.2, 0.25) is 5.91 Å². The quantitative estimate of drug-likeness (QED) is 0.863. The zero-order chi connectivity index (χ0) is 13.9. The van der Waals surface area contributed by atoms with Crippen LogP contribution in [0.15, 0.2) is 12.3 Å². The fraction of sp³-hybridized carbons (Fsp3) is 0.692. The lowest BCUT2D eigenvalue weighted by Gasteiger charge is -2.23. The summed E-state index contributed by atoms with van der Waals surface area (Å²) in [6.07, 6.45) is 1.90. The van der Waals surface area contributed by atoms with Gasteiger partial charge in [-0.15, -0.1) is 0 Å². The van der Waals surface area contributed by atoms with Gasteiger partial charge < -0.3 is 10.6 Å². The van der Waals surface area contributed by atoms with Gasteiger partial charge in [-0.25, -0.2) is 0 Å². The fourth-order valence-corrected chi connectivity index (χ4v) is 1.47. The summed E-state index contributed by atoms with van der Waals surface area (Å²) in [5.41, 5.74) is -0.218. The smallest absolute Gasteiger partial charge is 0.242 e. The molecular formula is C13H24N4O. The Kier molecular flexibility index (Phi) is 4.38. The third kappa shape index (κ3) is 4.39. The van der Waals surface area contributed by atoms with Crippen LogP contribution >= 0.6 is 0 Å². The SMILES string of the molecule is CC(Nc1ccn(C(C)C)n1)C(=O)NC(C)(C)C. The van der Waals surface area contributed by atoms with E-state index in [-0.39, 0.29) is 17.5 Å². The van der Waals surface area contributed by atoms with E-state index in [1.165, 1.54) is 0 Å². The fourth-order valence-electron chi connectivity index (χ4n) is 1.47. The van der Waals surface area contributed by atoms with Crippen molar-refractivity contribution in [1.82, 2.24) is 15.1 Å². The third-order valence-electron chi connectivity index (χ3n) is 2.39. The summed E-state index contributed by atoms with van der Waals surface area (Å²) in [7, 11) is 0. The lowest BCUT2D eigenvalue weighted by Crippen LogP contribution is -2.47. The van der Waals surface area contributed by atoms with Gasteiger partial charge in [-0.3, -0.25) is 9.48 Å². The first-order chi connectivity index (χ1) is 8.19. The van der Waals surface area contributed by atoms with E-state index in [1.807, 2.05) is 44.6 Å². The van der Waals surface area contributed by atoms with Crippen molar-refractivity contribution < 1.29 is 4.79 Å². The molecule has 0 saturated heterocycles. The highest BCUT2D eigenvalue weighted by Gasteiger charge is 2.19. The van der Waals surface area contributed by atoms with Gasteiger partial charge in [-0.1, -0.05) is 0 Å². The summed E-state index contributed by atoms with van der Waals surface area (Å²) >= 11 is 0. The Morgan fingerprint density at radius 1 is 1.33 bits per heavy atom. The van der Waals surface area contributed by atoms with Crippen LogP contribution in [0.5, 0.6) is 0 Å². The monoisotopic (exact) mass is 252 g/mol. The van der Waals surface area contributed by atoms with E-state index in [0.717, 1.165) is 5.82 Å². The zero-order valence-electron chi connectivity index (χ0n) is 12.1. The maximum atomic E-state index is 11.9. The summed E-state index contributed by atoms with van der Waals surface area (Å²) in [4.78, 5) is 11.9. The molecule has 18 heavy (non-hydrogen) atoms. The summed E-state index contributed by atoms with van der Waals surface area (Å²) in [6.45, 7) is 11.8. The molecule has 0 aromatic carbocycles. The summed E-state index contributed by atoms with van der Waals surface area (Å²) < 4.78 is 1.86. The van der Waals surface area contributed by atoms with Crippen molar-refractivity contribution in [3.63, 3.8) is 0 Å². The van der Waals surface area contributed by atoms with Crippen molar-refractivity contribution >= 4 is 11.7 Å². The largest absolute Gasteiger partial charge is 0.357 e. The van der Waals surface area contributed by atoms with Crippen LogP contribution in [0.4, 0.5) is 5.82 Å². The van der Waals surface area contributed by atoms with Crippen LogP contribution in [0.2, 0.25) is 0 Å². The minimum Gasteiger partial charge on any atom is -0.357 e. The summed E-state index contributed by atoms with van der Waals surface area (Å²) in [6, 6.07) is 1.89. The highest BCUT2D eigenvalue weighted by molar-refractivity contribution is 5.84. The first kappa shape index (κ1) is 14.5. The maximum absolute atomic E-state index is 11.9. The summed E-state index contributed by atoms with van der Waals surface area (Å²) in [5, 5.41) is 10.4. The Hall–Kier alpha value is -1.52. The van der Waals surface area contributed by atoms with Crippen LogP contribution in [-0.4, -0.2) is 27.3 Å². The van der Waals surface area contributed by atoms with Crippen molar-refractivity contribution in [2.45, 2.75) is 59.2 Å². The van der Waals surface area contributed by atoms with E-state index in [9.17, 15) is 4.79 Å². The molecule has 0 aliphatic rings. The van der Waals surface area contributed by atoms with Gasteiger partial charge in [0.1, 0.15) is 11.9 Å². The van der Waals surface area contributed by atoms with E-state index < -0.39 is 0 Å². The van der Waals surface area contributed by atoms with Crippen LogP contribution in [0.25, 0.3) is 0 Å². The zero-order valence-corrected chi connectivity index (χ0v) is 12.1. The molecule has 0 spiro atoms. The molecular weight excluding hydrogens is 228 g/mol. The minimum absolute atomic E-state index is 0.0263. The predicted octanol–water partition coefficient (Wildman–Crippen LogP) is 2.18. The van der Waals surface area contributed by atoms with Gasteiger partial charge in [-0.2, -0.15) is 5.10 Å². The Balaban J connectivity index is 2.58. The molecule has 5 nitrogen and oxygen atoms in total. The van der Waals surface area contributed by atoms with E-state index in [0.29, 0.717) is 6.04 Å². The average Bonchev–Trinajstić information content (AvgIpc) is 2.63. The van der Waals surface area contributed by atoms with Crippen LogP contribution < -0.4 is 10.6 Å². The van der Waals surface area contributed by atoms with E-state index >= 15 is 0 Å². The molecule has 1 aromatic heterocycles. The van der Waals surface area contributed by atoms with Crippen molar-refractivity contribution in [3.05, 3.63) is 12.3 Å². The molecule has 0 bridgehead atoms. The number of carbonyl (C=O) groups excluding carboxylic acids is 1. The maximum Gasteiger partial charge on any atom is 0.242 e. The predicted molar refractivity (Wildman–Crippen MR) is 73.6 cm³/mol. The minimum atomic E-state index is -0.306. The Morgan fingerprint density at radius 2 is 1.94 bits per heavy atom. The molecule has 0 radical (unpaired) electrons. The lowest BCUT2D eigenvalue weighted by molar-refractivity contribution is -0.122. The van der Waals surface area contributed by atoms with Crippen molar-refractivity contribution in [2.75, 3.05) is 5.32 Å².